The van der Waals surface area contributed by atoms with E-state index in [4.69, 9.17) is 4.74 Å². The highest BCUT2D eigenvalue weighted by atomic mass is 32.2. The predicted molar refractivity (Wildman–Crippen MR) is 79.5 cm³/mol. The number of methoxy groups -OCH3 is 1. The Kier molecular flexibility index (Phi) is 3.74. The Balaban J connectivity index is 2.23. The molecule has 0 amide bonds. The first-order valence-electron chi connectivity index (χ1n) is 6.34. The van der Waals surface area contributed by atoms with Gasteiger partial charge in [-0.2, -0.15) is 13.2 Å². The Morgan fingerprint density at radius 3 is 2.59 bits per heavy atom. The van der Waals surface area contributed by atoms with Gasteiger partial charge in [0.15, 0.2) is 0 Å². The lowest BCUT2D eigenvalue weighted by atomic mass is 10.2. The van der Waals surface area contributed by atoms with Gasteiger partial charge in [-0.1, -0.05) is 6.07 Å². The molecule has 2 aromatic heterocycles. The summed E-state index contributed by atoms with van der Waals surface area (Å²) in [7, 11) is 1.52. The quantitative estimate of drug-likeness (QED) is 0.656. The van der Waals surface area contributed by atoms with Crippen LogP contribution in [0.2, 0.25) is 0 Å². The lowest BCUT2D eigenvalue weighted by Crippen LogP contribution is -2.04. The summed E-state index contributed by atoms with van der Waals surface area (Å²) < 4.78 is 45.1. The molecule has 7 heteroatoms. The van der Waals surface area contributed by atoms with Crippen LogP contribution in [0.25, 0.3) is 16.7 Å². The van der Waals surface area contributed by atoms with Crippen molar-refractivity contribution in [1.82, 2.24) is 9.55 Å². The predicted octanol–water partition coefficient (Wildman–Crippen LogP) is 4.65. The van der Waals surface area contributed by atoms with Crippen LogP contribution in [0, 0.1) is 0 Å². The second-order valence-corrected chi connectivity index (χ2v) is 5.56. The number of hydrogen-bond acceptors (Lipinski definition) is 3. The van der Waals surface area contributed by atoms with Gasteiger partial charge in [-0.3, -0.25) is 4.57 Å². The van der Waals surface area contributed by atoms with E-state index in [9.17, 15) is 13.2 Å². The van der Waals surface area contributed by atoms with Crippen molar-refractivity contribution in [3.63, 3.8) is 0 Å². The molecule has 0 aliphatic rings. The Bertz CT molecular complexity index is 800. The van der Waals surface area contributed by atoms with Crippen LogP contribution in [0.15, 0.2) is 53.7 Å². The number of rotatable bonds is 3. The smallest absolute Gasteiger partial charge is 0.447 e. The van der Waals surface area contributed by atoms with Gasteiger partial charge in [0.25, 0.3) is 0 Å². The average Bonchev–Trinajstić information content (AvgIpc) is 2.82. The first kappa shape index (κ1) is 14.8. The summed E-state index contributed by atoms with van der Waals surface area (Å²) in [5, 5.41) is 0.728. The number of nitrogens with zero attached hydrogens (tertiary/aromatic N) is 2. The topological polar surface area (TPSA) is 27.1 Å². The summed E-state index contributed by atoms with van der Waals surface area (Å²) in [6, 6.07) is 11.8. The fourth-order valence-corrected chi connectivity index (χ4v) is 2.92. The molecule has 0 saturated heterocycles. The second-order valence-electron chi connectivity index (χ2n) is 4.48. The Morgan fingerprint density at radius 2 is 1.95 bits per heavy atom. The molecule has 0 fully saturated rings. The van der Waals surface area contributed by atoms with Crippen molar-refractivity contribution >= 4 is 22.7 Å². The van der Waals surface area contributed by atoms with E-state index in [2.05, 4.69) is 4.98 Å². The first-order chi connectivity index (χ1) is 10.5. The summed E-state index contributed by atoms with van der Waals surface area (Å²) in [6.07, 6.45) is 1.55. The minimum absolute atomic E-state index is 0.0643. The molecular formula is C15H11F3N2OS. The maximum absolute atomic E-state index is 12.8. The van der Waals surface area contributed by atoms with E-state index in [-0.39, 0.29) is 16.8 Å². The lowest BCUT2D eigenvalue weighted by molar-refractivity contribution is -0.0329. The Morgan fingerprint density at radius 1 is 1.14 bits per heavy atom. The van der Waals surface area contributed by atoms with Crippen LogP contribution < -0.4 is 4.74 Å². The molecule has 0 spiro atoms. The van der Waals surface area contributed by atoms with Crippen molar-refractivity contribution in [1.29, 1.82) is 0 Å². The number of halogens is 3. The number of aromatic nitrogens is 2. The molecule has 0 saturated carbocycles. The van der Waals surface area contributed by atoms with E-state index >= 15 is 0 Å². The molecule has 2 heterocycles. The van der Waals surface area contributed by atoms with Crippen LogP contribution in [0.5, 0.6) is 5.75 Å². The van der Waals surface area contributed by atoms with Gasteiger partial charge in [-0.25, -0.2) is 4.98 Å². The second kappa shape index (κ2) is 5.57. The highest BCUT2D eigenvalue weighted by Gasteiger charge is 2.32. The molecule has 0 aliphatic carbocycles. The average molecular weight is 324 g/mol. The highest BCUT2D eigenvalue weighted by molar-refractivity contribution is 8.00. The summed E-state index contributed by atoms with van der Waals surface area (Å²) in [6.45, 7) is 0. The molecule has 0 aliphatic heterocycles. The van der Waals surface area contributed by atoms with Gasteiger partial charge >= 0.3 is 5.51 Å². The highest BCUT2D eigenvalue weighted by Crippen LogP contribution is 2.41. The van der Waals surface area contributed by atoms with Crippen molar-refractivity contribution in [3.8, 4) is 11.6 Å². The largest absolute Gasteiger partial charge is 0.497 e. The SMILES string of the molecule is COc1ccc2c(c1)cc(SC(F)(F)F)n2-c1ccccn1. The van der Waals surface area contributed by atoms with Gasteiger partial charge in [-0.15, -0.1) is 0 Å². The van der Waals surface area contributed by atoms with E-state index in [1.807, 2.05) is 0 Å². The van der Waals surface area contributed by atoms with Gasteiger partial charge in [0.1, 0.15) is 11.6 Å². The van der Waals surface area contributed by atoms with Crippen molar-refractivity contribution in [2.45, 2.75) is 10.5 Å². The molecule has 3 aromatic rings. The molecular weight excluding hydrogens is 313 g/mol. The summed E-state index contributed by atoms with van der Waals surface area (Å²) in [4.78, 5) is 4.16. The number of hydrogen-bond donors (Lipinski definition) is 0. The number of ether oxygens (including phenoxy) is 1. The number of fused-ring (bicyclic) bond motifs is 1. The molecule has 0 N–H and O–H groups in total. The summed E-state index contributed by atoms with van der Waals surface area (Å²) >= 11 is -0.156. The molecule has 0 radical (unpaired) electrons. The van der Waals surface area contributed by atoms with E-state index in [0.29, 0.717) is 22.5 Å². The third kappa shape index (κ3) is 2.89. The van der Waals surface area contributed by atoms with Gasteiger partial charge in [-0.05, 0) is 36.4 Å². The zero-order valence-corrected chi connectivity index (χ0v) is 12.3. The van der Waals surface area contributed by atoms with Gasteiger partial charge in [0.2, 0.25) is 0 Å². The third-order valence-electron chi connectivity index (χ3n) is 3.07. The number of alkyl halides is 3. The van der Waals surface area contributed by atoms with Crippen molar-refractivity contribution in [2.75, 3.05) is 7.11 Å². The van der Waals surface area contributed by atoms with Crippen LogP contribution >= 0.6 is 11.8 Å². The maximum atomic E-state index is 12.8. The Labute approximate surface area is 128 Å². The van der Waals surface area contributed by atoms with Crippen LogP contribution in [0.4, 0.5) is 13.2 Å². The van der Waals surface area contributed by atoms with Crippen LogP contribution in [-0.4, -0.2) is 22.2 Å². The van der Waals surface area contributed by atoms with Gasteiger partial charge < -0.3 is 4.74 Å². The Hall–Kier alpha value is -2.15. The fraction of sp³-hybridized carbons (Fsp3) is 0.133. The number of benzene rings is 1. The zero-order valence-electron chi connectivity index (χ0n) is 11.5. The van der Waals surface area contributed by atoms with Crippen molar-refractivity contribution in [2.24, 2.45) is 0 Å². The number of thioether (sulfide) groups is 1. The minimum Gasteiger partial charge on any atom is -0.497 e. The van der Waals surface area contributed by atoms with E-state index in [1.165, 1.54) is 17.7 Å². The molecule has 3 nitrogen and oxygen atoms in total. The lowest BCUT2D eigenvalue weighted by Gasteiger charge is -2.11. The third-order valence-corrected chi connectivity index (χ3v) is 3.81. The monoisotopic (exact) mass is 324 g/mol. The van der Waals surface area contributed by atoms with Gasteiger partial charge in [0.05, 0.1) is 17.7 Å². The first-order valence-corrected chi connectivity index (χ1v) is 7.16. The minimum atomic E-state index is -4.37. The zero-order chi connectivity index (χ0) is 15.7. The van der Waals surface area contributed by atoms with E-state index in [0.717, 1.165) is 0 Å². The molecule has 22 heavy (non-hydrogen) atoms. The maximum Gasteiger partial charge on any atom is 0.447 e. The molecule has 114 valence electrons. The van der Waals surface area contributed by atoms with Crippen molar-refractivity contribution < 1.29 is 17.9 Å². The molecule has 0 bridgehead atoms. The summed E-state index contributed by atoms with van der Waals surface area (Å²) in [5.41, 5.74) is -3.73. The van der Waals surface area contributed by atoms with E-state index in [1.54, 1.807) is 42.6 Å². The van der Waals surface area contributed by atoms with Crippen LogP contribution in [-0.2, 0) is 0 Å². The van der Waals surface area contributed by atoms with E-state index < -0.39 is 5.51 Å². The van der Waals surface area contributed by atoms with Crippen molar-refractivity contribution in [3.05, 3.63) is 48.7 Å². The normalized spacial score (nSPS) is 11.8. The molecule has 1 aromatic carbocycles. The van der Waals surface area contributed by atoms with Gasteiger partial charge in [0, 0.05) is 23.3 Å². The van der Waals surface area contributed by atoms with Crippen LogP contribution in [0.3, 0.4) is 0 Å². The standard InChI is InChI=1S/C15H11F3N2OS/c1-21-11-5-6-12-10(8-11)9-14(22-15(16,17)18)20(12)13-4-2-3-7-19-13/h2-9H,1H3. The van der Waals surface area contributed by atoms with Crippen LogP contribution in [0.1, 0.15) is 0 Å². The molecule has 0 unspecified atom stereocenters. The number of pyridine rings is 1. The summed E-state index contributed by atoms with van der Waals surface area (Å²) in [5.74, 6) is 1.03. The fourth-order valence-electron chi connectivity index (χ4n) is 2.21. The molecule has 0 atom stereocenters. The molecule has 3 rings (SSSR count).